The fourth-order valence-corrected chi connectivity index (χ4v) is 2.00. The molecule has 1 aromatic carbocycles. The highest BCUT2D eigenvalue weighted by atomic mass is 35.5. The van der Waals surface area contributed by atoms with Gasteiger partial charge in [0.2, 0.25) is 0 Å². The van der Waals surface area contributed by atoms with Gasteiger partial charge in [-0.3, -0.25) is 4.79 Å². The van der Waals surface area contributed by atoms with Crippen LogP contribution in [0.2, 0.25) is 0 Å². The van der Waals surface area contributed by atoms with E-state index in [4.69, 9.17) is 10.5 Å². The number of rotatable bonds is 5. The molecule has 0 saturated heterocycles. The van der Waals surface area contributed by atoms with Gasteiger partial charge in [0.25, 0.3) is 5.91 Å². The highest BCUT2D eigenvalue weighted by molar-refractivity contribution is 7.90. The van der Waals surface area contributed by atoms with Crippen molar-refractivity contribution < 1.29 is 17.9 Å². The minimum Gasteiger partial charge on any atom is -0.370 e. The van der Waals surface area contributed by atoms with Crippen LogP contribution in [0.15, 0.2) is 29.2 Å². The Morgan fingerprint density at radius 1 is 1.47 bits per heavy atom. The Bertz CT molecular complexity index is 529. The minimum absolute atomic E-state index is 0. The van der Waals surface area contributed by atoms with Crippen LogP contribution in [0, 0.1) is 0 Å². The van der Waals surface area contributed by atoms with Crippen LogP contribution in [-0.2, 0) is 19.4 Å². The number of nitrogens with one attached hydrogen (secondary N) is 1. The SMILES string of the molecule is COC(CN)C(=O)Nc1cccc(S(C)(=O)=O)c1.Cl. The molecule has 1 rings (SSSR count). The quantitative estimate of drug-likeness (QED) is 0.821. The monoisotopic (exact) mass is 308 g/mol. The fraction of sp³-hybridized carbons (Fsp3) is 0.364. The van der Waals surface area contributed by atoms with Crippen LogP contribution in [0.3, 0.4) is 0 Å². The number of sulfone groups is 1. The Labute approximate surface area is 118 Å². The van der Waals surface area contributed by atoms with Crippen molar-refractivity contribution in [1.29, 1.82) is 0 Å². The maximum Gasteiger partial charge on any atom is 0.254 e. The molecule has 0 bridgehead atoms. The summed E-state index contributed by atoms with van der Waals surface area (Å²) in [7, 11) is -1.92. The van der Waals surface area contributed by atoms with Crippen LogP contribution in [-0.4, -0.2) is 40.3 Å². The highest BCUT2D eigenvalue weighted by Gasteiger charge is 2.16. The van der Waals surface area contributed by atoms with Gasteiger partial charge in [-0.05, 0) is 18.2 Å². The number of hydrogen-bond donors (Lipinski definition) is 2. The Kier molecular flexibility index (Phi) is 6.99. The number of ether oxygens (including phenoxy) is 1. The normalized spacial score (nSPS) is 12.4. The molecule has 0 heterocycles. The smallest absolute Gasteiger partial charge is 0.254 e. The Hall–Kier alpha value is -1.15. The lowest BCUT2D eigenvalue weighted by atomic mass is 10.3. The zero-order chi connectivity index (χ0) is 13.8. The van der Waals surface area contributed by atoms with E-state index in [1.165, 1.54) is 19.2 Å². The maximum atomic E-state index is 11.7. The molecule has 0 aromatic heterocycles. The summed E-state index contributed by atoms with van der Waals surface area (Å²) in [5, 5.41) is 2.55. The van der Waals surface area contributed by atoms with E-state index in [-0.39, 0.29) is 23.8 Å². The van der Waals surface area contributed by atoms with Crippen LogP contribution in [0.4, 0.5) is 5.69 Å². The number of hydrogen-bond acceptors (Lipinski definition) is 5. The Balaban J connectivity index is 0.00000324. The lowest BCUT2D eigenvalue weighted by Crippen LogP contribution is -2.35. The maximum absolute atomic E-state index is 11.7. The molecule has 8 heteroatoms. The second-order valence-electron chi connectivity index (χ2n) is 3.75. The van der Waals surface area contributed by atoms with Gasteiger partial charge in [-0.15, -0.1) is 12.4 Å². The van der Waals surface area contributed by atoms with Crippen molar-refractivity contribution >= 4 is 33.8 Å². The molecule has 1 amide bonds. The first kappa shape index (κ1) is 17.8. The van der Waals surface area contributed by atoms with Crippen molar-refractivity contribution in [2.24, 2.45) is 5.73 Å². The number of halogens is 1. The van der Waals surface area contributed by atoms with Gasteiger partial charge in [0, 0.05) is 25.6 Å². The van der Waals surface area contributed by atoms with Crippen LogP contribution in [0.25, 0.3) is 0 Å². The van der Waals surface area contributed by atoms with E-state index in [1.807, 2.05) is 0 Å². The van der Waals surface area contributed by atoms with Gasteiger partial charge in [0.15, 0.2) is 9.84 Å². The molecule has 19 heavy (non-hydrogen) atoms. The van der Waals surface area contributed by atoms with E-state index in [1.54, 1.807) is 12.1 Å². The first-order valence-corrected chi connectivity index (χ1v) is 7.11. The lowest BCUT2D eigenvalue weighted by molar-refractivity contribution is -0.125. The van der Waals surface area contributed by atoms with E-state index in [2.05, 4.69) is 5.32 Å². The molecule has 0 aliphatic heterocycles. The van der Waals surface area contributed by atoms with Crippen molar-refractivity contribution in [3.63, 3.8) is 0 Å². The van der Waals surface area contributed by atoms with E-state index in [0.717, 1.165) is 6.26 Å². The van der Waals surface area contributed by atoms with Crippen LogP contribution < -0.4 is 11.1 Å². The van der Waals surface area contributed by atoms with Gasteiger partial charge in [0.1, 0.15) is 6.10 Å². The number of anilines is 1. The highest BCUT2D eigenvalue weighted by Crippen LogP contribution is 2.15. The minimum atomic E-state index is -3.30. The number of nitrogens with two attached hydrogens (primary N) is 1. The predicted octanol–water partition coefficient (Wildman–Crippen LogP) is 0.424. The molecular weight excluding hydrogens is 292 g/mol. The van der Waals surface area contributed by atoms with Crippen molar-refractivity contribution in [2.75, 3.05) is 25.2 Å². The zero-order valence-corrected chi connectivity index (χ0v) is 12.3. The molecule has 0 aliphatic carbocycles. The summed E-state index contributed by atoms with van der Waals surface area (Å²) in [6.45, 7) is 0.0497. The van der Waals surface area contributed by atoms with Gasteiger partial charge in [-0.2, -0.15) is 0 Å². The average molecular weight is 309 g/mol. The molecule has 0 radical (unpaired) electrons. The van der Waals surface area contributed by atoms with Crippen molar-refractivity contribution in [3.05, 3.63) is 24.3 Å². The lowest BCUT2D eigenvalue weighted by Gasteiger charge is -2.13. The molecule has 1 atom stereocenters. The van der Waals surface area contributed by atoms with Crippen molar-refractivity contribution in [1.82, 2.24) is 0 Å². The predicted molar refractivity (Wildman–Crippen MR) is 75.3 cm³/mol. The summed E-state index contributed by atoms with van der Waals surface area (Å²) in [6.07, 6.45) is 0.345. The number of carbonyl (C=O) groups is 1. The van der Waals surface area contributed by atoms with E-state index < -0.39 is 21.8 Å². The van der Waals surface area contributed by atoms with Gasteiger partial charge in [-0.25, -0.2) is 8.42 Å². The molecule has 6 nitrogen and oxygen atoms in total. The third-order valence-electron chi connectivity index (χ3n) is 2.32. The number of carbonyl (C=O) groups excluding carboxylic acids is 1. The third kappa shape index (κ3) is 5.15. The van der Waals surface area contributed by atoms with E-state index >= 15 is 0 Å². The molecule has 3 N–H and O–H groups in total. The summed E-state index contributed by atoms with van der Waals surface area (Å²) >= 11 is 0. The van der Waals surface area contributed by atoms with Gasteiger partial charge < -0.3 is 15.8 Å². The summed E-state index contributed by atoms with van der Waals surface area (Å²) in [4.78, 5) is 11.8. The zero-order valence-electron chi connectivity index (χ0n) is 10.6. The first-order chi connectivity index (χ1) is 8.38. The molecular formula is C11H17ClN2O4S. The molecule has 0 aliphatic rings. The van der Waals surface area contributed by atoms with Gasteiger partial charge in [0.05, 0.1) is 4.90 Å². The summed E-state index contributed by atoms with van der Waals surface area (Å²) in [5.41, 5.74) is 5.74. The second kappa shape index (κ2) is 7.44. The number of benzene rings is 1. The van der Waals surface area contributed by atoms with Crippen molar-refractivity contribution in [2.45, 2.75) is 11.0 Å². The van der Waals surface area contributed by atoms with Crippen LogP contribution in [0.5, 0.6) is 0 Å². The molecule has 1 aromatic rings. The Morgan fingerprint density at radius 2 is 2.11 bits per heavy atom. The second-order valence-corrected chi connectivity index (χ2v) is 5.77. The van der Waals surface area contributed by atoms with E-state index in [9.17, 15) is 13.2 Å². The van der Waals surface area contributed by atoms with Crippen molar-refractivity contribution in [3.8, 4) is 0 Å². The van der Waals surface area contributed by atoms with Gasteiger partial charge >= 0.3 is 0 Å². The molecule has 108 valence electrons. The largest absolute Gasteiger partial charge is 0.370 e. The topological polar surface area (TPSA) is 98.5 Å². The summed E-state index contributed by atoms with van der Waals surface area (Å²) < 4.78 is 27.6. The average Bonchev–Trinajstić information content (AvgIpc) is 2.29. The summed E-state index contributed by atoms with van der Waals surface area (Å²) in [5.74, 6) is -0.411. The van der Waals surface area contributed by atoms with E-state index in [0.29, 0.717) is 5.69 Å². The third-order valence-corrected chi connectivity index (χ3v) is 3.43. The number of methoxy groups -OCH3 is 1. The summed E-state index contributed by atoms with van der Waals surface area (Å²) in [6, 6.07) is 5.99. The van der Waals surface area contributed by atoms with Crippen LogP contribution in [0.1, 0.15) is 0 Å². The number of amides is 1. The first-order valence-electron chi connectivity index (χ1n) is 5.22. The Morgan fingerprint density at radius 3 is 2.58 bits per heavy atom. The van der Waals surface area contributed by atoms with Crippen LogP contribution >= 0.6 is 12.4 Å². The molecule has 0 spiro atoms. The molecule has 0 saturated carbocycles. The fourth-order valence-electron chi connectivity index (χ4n) is 1.34. The molecule has 0 fully saturated rings. The molecule has 1 unspecified atom stereocenters. The van der Waals surface area contributed by atoms with Gasteiger partial charge in [-0.1, -0.05) is 6.07 Å². The standard InChI is InChI=1S/C11H16N2O4S.ClH/c1-17-10(7-12)11(14)13-8-4-3-5-9(6-8)18(2,15)16;/h3-6,10H,7,12H2,1-2H3,(H,13,14);1H.